The first-order valence-corrected chi connectivity index (χ1v) is 39.3. The Morgan fingerprint density at radius 3 is 1.29 bits per heavy atom. The summed E-state index contributed by atoms with van der Waals surface area (Å²) in [6.45, 7) is 25.9. The van der Waals surface area contributed by atoms with Crippen molar-refractivity contribution < 1.29 is 27.3 Å². The zero-order chi connectivity index (χ0) is 60.5. The van der Waals surface area contributed by atoms with E-state index in [1.54, 1.807) is 9.79 Å². The van der Waals surface area contributed by atoms with Gasteiger partial charge in [0.05, 0.1) is 23.7 Å². The molecule has 9 heterocycles. The molecule has 0 unspecified atom stereocenters. The van der Waals surface area contributed by atoms with Crippen LogP contribution in [0.3, 0.4) is 0 Å². The van der Waals surface area contributed by atoms with Gasteiger partial charge in [-0.05, 0) is 269 Å². The highest BCUT2D eigenvalue weighted by atomic mass is 127. The Balaban J connectivity index is 0.000000135. The lowest BCUT2D eigenvalue weighted by molar-refractivity contribution is -0.328. The van der Waals surface area contributed by atoms with E-state index in [1.807, 2.05) is 0 Å². The van der Waals surface area contributed by atoms with E-state index < -0.39 is 0 Å². The molecule has 4 aromatic carbocycles. The number of piperidine rings is 6. The van der Waals surface area contributed by atoms with E-state index >= 15 is 0 Å². The van der Waals surface area contributed by atoms with Gasteiger partial charge >= 0.3 is 0 Å². The van der Waals surface area contributed by atoms with Gasteiger partial charge in [0.15, 0.2) is 13.4 Å². The molecule has 0 saturated carbocycles. The summed E-state index contributed by atoms with van der Waals surface area (Å²) in [5, 5.41) is 4.18. The summed E-state index contributed by atoms with van der Waals surface area (Å²) in [4.78, 5) is 18.7. The Morgan fingerprint density at radius 2 is 0.860 bits per heavy atom. The Morgan fingerprint density at radius 1 is 0.453 bits per heavy atom. The van der Waals surface area contributed by atoms with Crippen molar-refractivity contribution in [1.29, 1.82) is 0 Å². The molecule has 0 spiro atoms. The van der Waals surface area contributed by atoms with Crippen LogP contribution in [0, 0.1) is 3.57 Å². The van der Waals surface area contributed by atoms with Crippen LogP contribution in [0.5, 0.6) is 5.75 Å². The quantitative estimate of drug-likeness (QED) is 0.0740. The van der Waals surface area contributed by atoms with Crippen molar-refractivity contribution in [2.75, 3.05) is 129 Å². The van der Waals surface area contributed by atoms with Crippen molar-refractivity contribution in [3.63, 3.8) is 0 Å². The molecule has 8 saturated heterocycles. The summed E-state index contributed by atoms with van der Waals surface area (Å²) < 4.78 is 9.60. The summed E-state index contributed by atoms with van der Waals surface area (Å²) >= 11 is 2.06. The van der Waals surface area contributed by atoms with Crippen LogP contribution in [-0.2, 0) is 34.3 Å². The van der Waals surface area contributed by atoms with Crippen LogP contribution in [-0.4, -0.2) is 181 Å². The molecule has 11 heteroatoms. The highest BCUT2D eigenvalue weighted by Gasteiger charge is 2.32. The largest absolute Gasteiger partial charge is 0.493 e. The maximum atomic E-state index is 5.98. The molecule has 13 rings (SSSR count). The van der Waals surface area contributed by atoms with Gasteiger partial charge in [-0.15, -0.1) is 0 Å². The van der Waals surface area contributed by atoms with Gasteiger partial charge in [-0.2, -0.15) is 0 Å². The van der Waals surface area contributed by atoms with Crippen LogP contribution in [0.1, 0.15) is 175 Å². The average molecular weight is 1330 g/mol. The SMILES string of the molecule is CCC(C)(C)c1ccc([IH+])cc1.CCCCOc1ccc([S+]2CCCC2)c2ccccc12.CN1CCC(N2CCCCC2)CC1.CN1CCC(N2CCCCC2)CC1.CN1CCC(N2CCCCC2)CC1.Cn1cc([S+]2CCCC2)c2ccccc21. The first-order chi connectivity index (χ1) is 41.9. The summed E-state index contributed by atoms with van der Waals surface area (Å²) in [6, 6.07) is 33.6. The van der Waals surface area contributed by atoms with E-state index in [1.165, 1.54) is 267 Å². The van der Waals surface area contributed by atoms with Crippen LogP contribution in [0.25, 0.3) is 21.7 Å². The van der Waals surface area contributed by atoms with E-state index in [9.17, 15) is 0 Å². The minimum absolute atomic E-state index is 0.328. The second kappa shape index (κ2) is 37.2. The van der Waals surface area contributed by atoms with Crippen LogP contribution >= 0.6 is 0 Å². The first kappa shape index (κ1) is 69.6. The van der Waals surface area contributed by atoms with Gasteiger partial charge in [0.1, 0.15) is 28.8 Å². The Kier molecular flexibility index (Phi) is 30.1. The number of unbranched alkanes of at least 4 members (excludes halogenated alkanes) is 1. The van der Waals surface area contributed by atoms with Crippen molar-refractivity contribution in [3.8, 4) is 5.75 Å². The maximum absolute atomic E-state index is 5.98. The third-order valence-corrected chi connectivity index (χ3v) is 26.3. The van der Waals surface area contributed by atoms with Crippen LogP contribution in [0.15, 0.2) is 101 Å². The van der Waals surface area contributed by atoms with Crippen molar-refractivity contribution in [1.82, 2.24) is 34.0 Å². The van der Waals surface area contributed by atoms with Crippen molar-refractivity contribution in [2.24, 2.45) is 7.05 Å². The van der Waals surface area contributed by atoms with Gasteiger partial charge in [-0.3, -0.25) is 0 Å². The zero-order valence-corrected chi connectivity index (χ0v) is 59.7. The minimum atomic E-state index is 0.328. The topological polar surface area (TPSA) is 33.6 Å². The summed E-state index contributed by atoms with van der Waals surface area (Å²) in [6.07, 6.45) is 32.9. The molecule has 1 aromatic heterocycles. The molecular weight excluding hydrogens is 1210 g/mol. The summed E-state index contributed by atoms with van der Waals surface area (Å²) in [7, 11) is 9.88. The Labute approximate surface area is 545 Å². The molecule has 478 valence electrons. The normalized spacial score (nSPS) is 21.7. The van der Waals surface area contributed by atoms with Gasteiger partial charge in [0.25, 0.3) is 22.6 Å². The van der Waals surface area contributed by atoms with E-state index in [2.05, 4.69) is 204 Å². The molecule has 8 nitrogen and oxygen atoms in total. The van der Waals surface area contributed by atoms with Crippen LogP contribution < -0.4 is 27.3 Å². The average Bonchev–Trinajstić information content (AvgIpc) is 4.30. The van der Waals surface area contributed by atoms with Crippen LogP contribution in [0.2, 0.25) is 0 Å². The molecule has 8 aliphatic heterocycles. The molecule has 86 heavy (non-hydrogen) atoms. The third-order valence-electron chi connectivity index (χ3n) is 20.4. The molecule has 0 bridgehead atoms. The van der Waals surface area contributed by atoms with E-state index in [0.717, 1.165) is 36.9 Å². The van der Waals surface area contributed by atoms with Crippen LogP contribution in [0.4, 0.5) is 0 Å². The smallest absolute Gasteiger partial charge is 0.296 e. The fourth-order valence-corrected chi connectivity index (χ4v) is 19.7. The maximum Gasteiger partial charge on any atom is 0.296 e. The molecule has 0 atom stereocenters. The third kappa shape index (κ3) is 21.7. The lowest BCUT2D eigenvalue weighted by Crippen LogP contribution is -3.34. The number of nitrogens with zero attached hydrogens (tertiary/aromatic N) is 7. The number of para-hydroxylation sites is 1. The number of aromatic nitrogens is 1. The highest BCUT2D eigenvalue weighted by Crippen LogP contribution is 2.36. The van der Waals surface area contributed by atoms with Gasteiger partial charge < -0.3 is 38.7 Å². The summed E-state index contributed by atoms with van der Waals surface area (Å²) in [5.41, 5.74) is 3.15. The predicted octanol–water partition coefficient (Wildman–Crippen LogP) is 12.3. The number of fused-ring (bicyclic) bond motifs is 2. The van der Waals surface area contributed by atoms with Crippen molar-refractivity contribution in [3.05, 3.63) is 100 Å². The minimum Gasteiger partial charge on any atom is -0.493 e. The van der Waals surface area contributed by atoms with E-state index in [0.29, 0.717) is 27.2 Å². The molecule has 0 N–H and O–H groups in total. The molecular formula is C75H121IN7OS2+3. The molecule has 0 aliphatic carbocycles. The number of likely N-dealkylation sites (tertiary alicyclic amines) is 6. The number of benzene rings is 4. The summed E-state index contributed by atoms with van der Waals surface area (Å²) in [5.74, 6) is 6.63. The number of hydrogen-bond acceptors (Lipinski definition) is 7. The van der Waals surface area contributed by atoms with E-state index in [-0.39, 0.29) is 0 Å². The van der Waals surface area contributed by atoms with E-state index in [4.69, 9.17) is 4.74 Å². The number of ether oxygens (including phenoxy) is 1. The fourth-order valence-electron chi connectivity index (χ4n) is 14.3. The Hall–Kier alpha value is -2.33. The highest BCUT2D eigenvalue weighted by molar-refractivity contribution is 7.97. The monoisotopic (exact) mass is 1330 g/mol. The lowest BCUT2D eigenvalue weighted by atomic mass is 9.82. The molecule has 8 aliphatic rings. The Bertz CT molecular complexity index is 2540. The second-order valence-electron chi connectivity index (χ2n) is 27.3. The standard InChI is InChI=1S/C18H23OS.C13H16NS.C11H16I.3C11H22N2/c1-2-3-12-19-17-10-11-18(20-13-6-7-14-20)16-9-5-4-8-15(16)17;1-14-10-13(15-8-4-5-9-15)11-6-2-3-7-12(11)14;1-4-11(2,3)9-5-7-10(12)8-6-9;3*1-12-9-5-11(6-10-12)13-7-3-2-4-8-13/h4-5,8-11H,2-3,6-7,12-14H2,1H3;2-3,6-7,10H,4-5,8-9H2,1H3;5-8,12H,4H2,1-3H3;3*11H,2-10H2,1H3/q3*+1;;;. The number of rotatable bonds is 11. The van der Waals surface area contributed by atoms with Gasteiger partial charge in [0, 0.05) is 57.7 Å². The molecule has 8 fully saturated rings. The number of hydrogen-bond donors (Lipinski definition) is 0. The number of halogens is 1. The first-order valence-electron chi connectivity index (χ1n) is 35.0. The lowest BCUT2D eigenvalue weighted by Gasteiger charge is -2.39. The second-order valence-corrected chi connectivity index (χ2v) is 33.1. The van der Waals surface area contributed by atoms with Crippen molar-refractivity contribution in [2.45, 2.75) is 202 Å². The molecule has 0 amide bonds. The molecule has 5 aromatic rings. The van der Waals surface area contributed by atoms with Gasteiger partial charge in [-0.1, -0.05) is 95.8 Å². The predicted molar refractivity (Wildman–Crippen MR) is 374 cm³/mol. The number of aryl methyl sites for hydroxylation is 1. The fraction of sp³-hybridized carbons (Fsp3) is 0.680. The van der Waals surface area contributed by atoms with Gasteiger partial charge in [0.2, 0.25) is 0 Å². The zero-order valence-electron chi connectivity index (χ0n) is 55.7. The van der Waals surface area contributed by atoms with Gasteiger partial charge in [-0.25, -0.2) is 0 Å². The van der Waals surface area contributed by atoms with Crippen molar-refractivity contribution >= 4 is 43.5 Å². The molecule has 0 radical (unpaired) electrons.